The monoisotopic (exact) mass is 361 g/mol. The van der Waals surface area contributed by atoms with Gasteiger partial charge in [0.15, 0.2) is 0 Å². The lowest BCUT2D eigenvalue weighted by atomic mass is 10.0. The lowest BCUT2D eigenvalue weighted by Gasteiger charge is -2.02. The zero-order valence-corrected chi connectivity index (χ0v) is 16.9. The minimum atomic E-state index is -0.258. The second kappa shape index (κ2) is 15.8. The summed E-state index contributed by atoms with van der Waals surface area (Å²) in [5, 5.41) is 2.30. The Kier molecular flexibility index (Phi) is 13.8. The van der Waals surface area contributed by atoms with Crippen molar-refractivity contribution in [1.82, 2.24) is 5.32 Å². The molecule has 0 aromatic heterocycles. The van der Waals surface area contributed by atoms with Crippen LogP contribution in [0.3, 0.4) is 0 Å². The van der Waals surface area contributed by atoms with E-state index in [0.717, 1.165) is 19.3 Å². The maximum Gasteiger partial charge on any atom is 0.254 e. The highest BCUT2D eigenvalue weighted by Crippen LogP contribution is 2.15. The third-order valence-electron chi connectivity index (χ3n) is 5.04. The van der Waals surface area contributed by atoms with Crippen molar-refractivity contribution in [2.75, 3.05) is 0 Å². The highest BCUT2D eigenvalue weighted by molar-refractivity contribution is 6.16. The Bertz CT molecular complexity index is 451. The zero-order chi connectivity index (χ0) is 18.9. The molecule has 0 aromatic rings. The highest BCUT2D eigenvalue weighted by atomic mass is 16.2. The molecule has 0 bridgehead atoms. The van der Waals surface area contributed by atoms with E-state index < -0.39 is 0 Å². The van der Waals surface area contributed by atoms with Crippen LogP contribution in [0.15, 0.2) is 23.8 Å². The predicted molar refractivity (Wildman–Crippen MR) is 110 cm³/mol. The summed E-state index contributed by atoms with van der Waals surface area (Å²) in [7, 11) is 0. The fraction of sp³-hybridized carbons (Fsp3) is 0.739. The molecule has 1 aliphatic rings. The number of carbonyl (C=O) groups is 2. The molecular formula is C23H39NO2. The Morgan fingerprint density at radius 3 is 1.73 bits per heavy atom. The maximum absolute atomic E-state index is 11.4. The SMILES string of the molecule is CCCCCCCCC=CCCCCCCCCCC1=CC(=O)NC1=O. The lowest BCUT2D eigenvalue weighted by Crippen LogP contribution is -2.22. The van der Waals surface area contributed by atoms with E-state index in [9.17, 15) is 9.59 Å². The summed E-state index contributed by atoms with van der Waals surface area (Å²) in [6, 6.07) is 0. The van der Waals surface area contributed by atoms with E-state index in [1.54, 1.807) is 0 Å². The standard InChI is InChI=1S/C23H39NO2/c1-2-3-4-5-6-7-8-9-10-11-12-13-14-15-16-17-18-19-21-20-22(25)24-23(21)26/h9-10,20H,2-8,11-19H2,1H3,(H,24,25,26). The number of allylic oxidation sites excluding steroid dienone is 2. The first kappa shape index (κ1) is 22.7. The van der Waals surface area contributed by atoms with E-state index in [1.807, 2.05) is 0 Å². The molecule has 0 saturated heterocycles. The molecule has 0 saturated carbocycles. The van der Waals surface area contributed by atoms with Crippen molar-refractivity contribution in [3.05, 3.63) is 23.8 Å². The molecule has 0 aromatic carbocycles. The first-order chi connectivity index (χ1) is 12.7. The van der Waals surface area contributed by atoms with Gasteiger partial charge in [-0.15, -0.1) is 0 Å². The topological polar surface area (TPSA) is 46.2 Å². The van der Waals surface area contributed by atoms with Gasteiger partial charge in [-0.1, -0.05) is 83.3 Å². The van der Waals surface area contributed by atoms with Crippen LogP contribution in [0.4, 0.5) is 0 Å². The number of imide groups is 1. The van der Waals surface area contributed by atoms with Gasteiger partial charge < -0.3 is 0 Å². The molecule has 1 rings (SSSR count). The molecule has 0 radical (unpaired) electrons. The van der Waals surface area contributed by atoms with Gasteiger partial charge in [-0.2, -0.15) is 0 Å². The van der Waals surface area contributed by atoms with Crippen molar-refractivity contribution in [1.29, 1.82) is 0 Å². The molecule has 0 atom stereocenters. The molecule has 3 heteroatoms. The van der Waals surface area contributed by atoms with E-state index >= 15 is 0 Å². The second-order valence-corrected chi connectivity index (χ2v) is 7.53. The van der Waals surface area contributed by atoms with Gasteiger partial charge in [-0.05, 0) is 38.5 Å². The smallest absolute Gasteiger partial charge is 0.254 e. The average Bonchev–Trinajstić information content (AvgIpc) is 2.95. The first-order valence-electron chi connectivity index (χ1n) is 10.9. The molecule has 1 N–H and O–H groups in total. The molecular weight excluding hydrogens is 322 g/mol. The van der Waals surface area contributed by atoms with Gasteiger partial charge in [0.25, 0.3) is 11.8 Å². The Morgan fingerprint density at radius 1 is 0.731 bits per heavy atom. The number of carbonyl (C=O) groups excluding carboxylic acids is 2. The van der Waals surface area contributed by atoms with E-state index in [1.165, 1.54) is 89.5 Å². The zero-order valence-electron chi connectivity index (χ0n) is 16.9. The van der Waals surface area contributed by atoms with Crippen LogP contribution in [0.25, 0.3) is 0 Å². The molecule has 0 aliphatic carbocycles. The fourth-order valence-electron chi connectivity index (χ4n) is 3.38. The number of unbranched alkanes of at least 4 members (excludes halogenated alkanes) is 13. The number of hydrogen-bond donors (Lipinski definition) is 1. The molecule has 1 aliphatic heterocycles. The number of amides is 2. The molecule has 26 heavy (non-hydrogen) atoms. The summed E-state index contributed by atoms with van der Waals surface area (Å²) in [5.41, 5.74) is 0.655. The van der Waals surface area contributed by atoms with Crippen molar-refractivity contribution in [2.45, 2.75) is 110 Å². The Hall–Kier alpha value is -1.38. The van der Waals surface area contributed by atoms with Crippen LogP contribution in [-0.4, -0.2) is 11.8 Å². The molecule has 0 spiro atoms. The van der Waals surface area contributed by atoms with Crippen LogP contribution < -0.4 is 5.32 Å². The van der Waals surface area contributed by atoms with Gasteiger partial charge in [0.05, 0.1) is 0 Å². The molecule has 148 valence electrons. The van der Waals surface area contributed by atoms with Crippen LogP contribution in [-0.2, 0) is 9.59 Å². The second-order valence-electron chi connectivity index (χ2n) is 7.53. The van der Waals surface area contributed by atoms with Crippen molar-refractivity contribution < 1.29 is 9.59 Å². The summed E-state index contributed by atoms with van der Waals surface area (Å²) in [4.78, 5) is 22.4. The van der Waals surface area contributed by atoms with Crippen LogP contribution in [0.1, 0.15) is 110 Å². The Labute approximate surface area is 160 Å². The van der Waals surface area contributed by atoms with Gasteiger partial charge >= 0.3 is 0 Å². The van der Waals surface area contributed by atoms with E-state index in [-0.39, 0.29) is 11.8 Å². The van der Waals surface area contributed by atoms with Gasteiger partial charge in [-0.25, -0.2) is 0 Å². The summed E-state index contributed by atoms with van der Waals surface area (Å²) in [5.74, 6) is -0.453. The quantitative estimate of drug-likeness (QED) is 0.185. The van der Waals surface area contributed by atoms with Crippen LogP contribution in [0, 0.1) is 0 Å². The minimum Gasteiger partial charge on any atom is -0.289 e. The molecule has 2 amide bonds. The van der Waals surface area contributed by atoms with E-state index in [2.05, 4.69) is 24.4 Å². The van der Waals surface area contributed by atoms with Crippen LogP contribution in [0.2, 0.25) is 0 Å². The van der Waals surface area contributed by atoms with Gasteiger partial charge in [0.2, 0.25) is 0 Å². The number of nitrogens with one attached hydrogen (secondary N) is 1. The summed E-state index contributed by atoms with van der Waals surface area (Å²) < 4.78 is 0. The summed E-state index contributed by atoms with van der Waals surface area (Å²) in [6.45, 7) is 2.27. The van der Waals surface area contributed by atoms with Crippen molar-refractivity contribution in [3.63, 3.8) is 0 Å². The van der Waals surface area contributed by atoms with Gasteiger partial charge in [0.1, 0.15) is 0 Å². The largest absolute Gasteiger partial charge is 0.289 e. The van der Waals surface area contributed by atoms with Crippen molar-refractivity contribution in [2.24, 2.45) is 0 Å². The number of rotatable bonds is 17. The minimum absolute atomic E-state index is 0.195. The highest BCUT2D eigenvalue weighted by Gasteiger charge is 2.19. The predicted octanol–water partition coefficient (Wildman–Crippen LogP) is 6.39. The fourth-order valence-corrected chi connectivity index (χ4v) is 3.38. The average molecular weight is 362 g/mol. The van der Waals surface area contributed by atoms with Gasteiger partial charge in [-0.3, -0.25) is 14.9 Å². The van der Waals surface area contributed by atoms with E-state index in [4.69, 9.17) is 0 Å². The molecule has 0 unspecified atom stereocenters. The summed E-state index contributed by atoms with van der Waals surface area (Å²) in [6.07, 6.45) is 26.3. The van der Waals surface area contributed by atoms with Gasteiger partial charge in [0, 0.05) is 11.6 Å². The molecule has 0 fully saturated rings. The first-order valence-corrected chi connectivity index (χ1v) is 10.9. The Morgan fingerprint density at radius 2 is 1.23 bits per heavy atom. The van der Waals surface area contributed by atoms with Crippen LogP contribution in [0.5, 0.6) is 0 Å². The third-order valence-corrected chi connectivity index (χ3v) is 5.04. The normalized spacial score (nSPS) is 14.3. The van der Waals surface area contributed by atoms with Crippen molar-refractivity contribution >= 4 is 11.8 Å². The lowest BCUT2D eigenvalue weighted by molar-refractivity contribution is -0.123. The van der Waals surface area contributed by atoms with Crippen LogP contribution >= 0.6 is 0 Å². The maximum atomic E-state index is 11.4. The van der Waals surface area contributed by atoms with Crippen molar-refractivity contribution in [3.8, 4) is 0 Å². The summed E-state index contributed by atoms with van der Waals surface area (Å²) >= 11 is 0. The third kappa shape index (κ3) is 12.1. The molecule has 3 nitrogen and oxygen atoms in total. The van der Waals surface area contributed by atoms with E-state index in [0.29, 0.717) is 5.57 Å². The number of hydrogen-bond acceptors (Lipinski definition) is 2. The molecule has 1 heterocycles. The Balaban J connectivity index is 1.78.